The summed E-state index contributed by atoms with van der Waals surface area (Å²) in [5.74, 6) is 0.219. The Morgan fingerprint density at radius 1 is 1.14 bits per heavy atom. The van der Waals surface area contributed by atoms with Gasteiger partial charge in [-0.05, 0) is 49.8 Å². The monoisotopic (exact) mass is 389 g/mol. The lowest BCUT2D eigenvalue weighted by molar-refractivity contribution is -0.118. The minimum atomic E-state index is -0.0160. The third kappa shape index (κ3) is 6.11. The zero-order valence-electron chi connectivity index (χ0n) is 17.1. The van der Waals surface area contributed by atoms with Crippen molar-refractivity contribution >= 4 is 17.4 Å². The average Bonchev–Trinajstić information content (AvgIpc) is 3.10. The summed E-state index contributed by atoms with van der Waals surface area (Å²) in [6.45, 7) is 2.22. The van der Waals surface area contributed by atoms with Crippen molar-refractivity contribution in [2.24, 2.45) is 4.99 Å². The van der Waals surface area contributed by atoms with Crippen LogP contribution in [-0.2, 0) is 9.59 Å². The number of rotatable bonds is 11. The van der Waals surface area contributed by atoms with Crippen molar-refractivity contribution in [1.29, 1.82) is 0 Å². The van der Waals surface area contributed by atoms with Crippen molar-refractivity contribution in [3.63, 3.8) is 0 Å². The number of hydrogen-bond donors (Lipinski definition) is 1. The van der Waals surface area contributed by atoms with E-state index in [1.165, 1.54) is 11.1 Å². The van der Waals surface area contributed by atoms with Gasteiger partial charge in [-0.3, -0.25) is 4.79 Å². The first-order chi connectivity index (χ1) is 14.1. The second-order valence-electron chi connectivity index (χ2n) is 7.51. The number of nitrogens with one attached hydrogen (secondary N) is 1. The van der Waals surface area contributed by atoms with Gasteiger partial charge in [-0.2, -0.15) is 0 Å². The van der Waals surface area contributed by atoms with Crippen LogP contribution in [0.25, 0.3) is 0 Å². The van der Waals surface area contributed by atoms with Gasteiger partial charge in [-0.25, -0.2) is 4.99 Å². The van der Waals surface area contributed by atoms with Gasteiger partial charge in [-0.15, -0.1) is 0 Å². The Morgan fingerprint density at radius 3 is 2.76 bits per heavy atom. The standard InChI is InChI=1S/C25H29N2O2/c1-19(28)11-5-2-3-8-16-24(29)26-18-17-22-21-14-9-10-15-23(21)27-25(22)20-12-6-4-7-13-20/h4,6-7,9-10,12-13,15-16H,2-3,5,8,11,14,17-18H2,1H3,(H,26,29). The molecule has 1 heterocycles. The summed E-state index contributed by atoms with van der Waals surface area (Å²) in [6, 6.07) is 10.2. The molecule has 0 spiro atoms. The summed E-state index contributed by atoms with van der Waals surface area (Å²) in [7, 11) is 0. The number of nitrogens with zero attached hydrogens (tertiary/aromatic N) is 1. The van der Waals surface area contributed by atoms with Gasteiger partial charge < -0.3 is 10.1 Å². The number of Topliss-reactive ketones (excluding diaryl/α,β-unsaturated/α-hetero) is 1. The van der Waals surface area contributed by atoms with Gasteiger partial charge in [0.25, 0.3) is 0 Å². The maximum absolute atomic E-state index is 12.1. The number of carbonyl (C=O) groups excluding carboxylic acids is 2. The van der Waals surface area contributed by atoms with Crippen molar-refractivity contribution in [2.75, 3.05) is 6.54 Å². The number of benzene rings is 1. The van der Waals surface area contributed by atoms with Crippen molar-refractivity contribution in [2.45, 2.75) is 51.9 Å². The zero-order chi connectivity index (χ0) is 20.5. The molecule has 1 amide bonds. The molecule has 1 aromatic rings. The van der Waals surface area contributed by atoms with Crippen LogP contribution in [0.4, 0.5) is 0 Å². The molecule has 1 aliphatic carbocycles. The van der Waals surface area contributed by atoms with E-state index in [4.69, 9.17) is 4.99 Å². The molecule has 0 saturated heterocycles. The molecular weight excluding hydrogens is 360 g/mol. The molecule has 2 aliphatic rings. The molecule has 0 saturated carbocycles. The molecule has 1 aromatic carbocycles. The smallest absolute Gasteiger partial charge is 0.223 e. The highest BCUT2D eigenvalue weighted by molar-refractivity contribution is 6.16. The minimum absolute atomic E-state index is 0.0160. The molecular formula is C25H29N2O2. The number of allylic oxidation sites excluding steroid dienone is 4. The van der Waals surface area contributed by atoms with Crippen molar-refractivity contribution < 1.29 is 9.59 Å². The Kier molecular flexibility index (Phi) is 7.74. The average molecular weight is 390 g/mol. The molecule has 29 heavy (non-hydrogen) atoms. The number of unbranched alkanes of at least 4 members (excludes halogenated alkanes) is 3. The zero-order valence-corrected chi connectivity index (χ0v) is 17.1. The van der Waals surface area contributed by atoms with E-state index < -0.39 is 0 Å². The fourth-order valence-electron chi connectivity index (χ4n) is 3.68. The molecule has 0 unspecified atom stereocenters. The van der Waals surface area contributed by atoms with Crippen LogP contribution in [0, 0.1) is 6.42 Å². The van der Waals surface area contributed by atoms with Crippen molar-refractivity contribution in [1.82, 2.24) is 5.32 Å². The van der Waals surface area contributed by atoms with Crippen LogP contribution >= 0.6 is 0 Å². The molecule has 4 nitrogen and oxygen atoms in total. The summed E-state index contributed by atoms with van der Waals surface area (Å²) in [6.07, 6.45) is 13.9. The van der Waals surface area contributed by atoms with E-state index in [1.54, 1.807) is 13.3 Å². The summed E-state index contributed by atoms with van der Waals surface area (Å²) in [4.78, 5) is 27.9. The molecule has 4 heteroatoms. The quantitative estimate of drug-likeness (QED) is 0.548. The van der Waals surface area contributed by atoms with Crippen LogP contribution in [0.2, 0.25) is 0 Å². The molecule has 3 rings (SSSR count). The lowest BCUT2D eigenvalue weighted by Crippen LogP contribution is -2.25. The normalized spacial score (nSPS) is 15.1. The highest BCUT2D eigenvalue weighted by Crippen LogP contribution is 2.34. The number of fused-ring (bicyclic) bond motifs is 1. The van der Waals surface area contributed by atoms with E-state index in [0.29, 0.717) is 13.0 Å². The van der Waals surface area contributed by atoms with Crippen LogP contribution < -0.4 is 5.32 Å². The van der Waals surface area contributed by atoms with Gasteiger partial charge in [-0.1, -0.05) is 55.3 Å². The van der Waals surface area contributed by atoms with Crippen LogP contribution in [0.15, 0.2) is 70.4 Å². The van der Waals surface area contributed by atoms with E-state index >= 15 is 0 Å². The van der Waals surface area contributed by atoms with Crippen LogP contribution in [0.5, 0.6) is 0 Å². The molecule has 0 fully saturated rings. The molecule has 1 radical (unpaired) electrons. The first-order valence-electron chi connectivity index (χ1n) is 10.5. The molecule has 1 aliphatic heterocycles. The van der Waals surface area contributed by atoms with Crippen molar-refractivity contribution in [3.05, 3.63) is 77.4 Å². The fraction of sp³-hybridized carbons (Fsp3) is 0.360. The lowest BCUT2D eigenvalue weighted by atomic mass is 9.93. The summed E-state index contributed by atoms with van der Waals surface area (Å²) >= 11 is 0. The maximum Gasteiger partial charge on any atom is 0.223 e. The van der Waals surface area contributed by atoms with E-state index in [2.05, 4.69) is 35.7 Å². The number of ketones is 1. The predicted molar refractivity (Wildman–Crippen MR) is 118 cm³/mol. The van der Waals surface area contributed by atoms with Gasteiger partial charge >= 0.3 is 0 Å². The predicted octanol–water partition coefficient (Wildman–Crippen LogP) is 4.88. The summed E-state index contributed by atoms with van der Waals surface area (Å²) in [5, 5.41) is 3.01. The SMILES string of the molecule is CC(=O)CCCCC[CH]C(=O)NCCC1=C2CC=CC=C2N=C1c1ccccc1. The second-order valence-corrected chi connectivity index (χ2v) is 7.51. The first kappa shape index (κ1) is 21.0. The largest absolute Gasteiger partial charge is 0.356 e. The van der Waals surface area contributed by atoms with E-state index in [1.807, 2.05) is 18.2 Å². The van der Waals surface area contributed by atoms with Crippen molar-refractivity contribution in [3.8, 4) is 0 Å². The maximum atomic E-state index is 12.1. The number of carbonyl (C=O) groups is 2. The molecule has 0 aromatic heterocycles. The van der Waals surface area contributed by atoms with Gasteiger partial charge in [0.1, 0.15) is 5.78 Å². The minimum Gasteiger partial charge on any atom is -0.356 e. The Morgan fingerprint density at radius 2 is 1.97 bits per heavy atom. The van der Waals surface area contributed by atoms with Crippen LogP contribution in [0.1, 0.15) is 57.4 Å². The van der Waals surface area contributed by atoms with Gasteiger partial charge in [0.15, 0.2) is 0 Å². The Balaban J connectivity index is 1.48. The second kappa shape index (κ2) is 10.7. The number of aliphatic imine (C=N–C) groups is 1. The van der Waals surface area contributed by atoms with Gasteiger partial charge in [0, 0.05) is 24.9 Å². The van der Waals surface area contributed by atoms with E-state index in [0.717, 1.165) is 55.5 Å². The third-order valence-corrected chi connectivity index (χ3v) is 5.19. The molecule has 1 N–H and O–H groups in total. The first-order valence-corrected chi connectivity index (χ1v) is 10.5. The van der Waals surface area contributed by atoms with Gasteiger partial charge in [0.2, 0.25) is 5.91 Å². The van der Waals surface area contributed by atoms with Gasteiger partial charge in [0.05, 0.1) is 11.4 Å². The highest BCUT2D eigenvalue weighted by Gasteiger charge is 2.24. The molecule has 151 valence electrons. The fourth-order valence-corrected chi connectivity index (χ4v) is 3.68. The van der Waals surface area contributed by atoms with Crippen LogP contribution in [-0.4, -0.2) is 23.9 Å². The Bertz CT molecular complexity index is 860. The van der Waals surface area contributed by atoms with Crippen LogP contribution in [0.3, 0.4) is 0 Å². The molecule has 0 atom stereocenters. The summed E-state index contributed by atoms with van der Waals surface area (Å²) < 4.78 is 0. The van der Waals surface area contributed by atoms with E-state index in [9.17, 15) is 9.59 Å². The lowest BCUT2D eigenvalue weighted by Gasteiger charge is -2.12. The van der Waals surface area contributed by atoms with E-state index in [-0.39, 0.29) is 11.7 Å². The third-order valence-electron chi connectivity index (χ3n) is 5.19. The number of hydrogen-bond acceptors (Lipinski definition) is 3. The Hall–Kier alpha value is -2.75. The topological polar surface area (TPSA) is 58.5 Å². The molecule has 0 bridgehead atoms. The number of amides is 1. The highest BCUT2D eigenvalue weighted by atomic mass is 16.1. The summed E-state index contributed by atoms with van der Waals surface area (Å²) in [5.41, 5.74) is 5.70. The Labute approximate surface area is 173 Å².